The quantitative estimate of drug-likeness (QED) is 0.810. The smallest absolute Gasteiger partial charge is 0.107 e. The van der Waals surface area contributed by atoms with Crippen LogP contribution in [-0.2, 0) is 0 Å². The second-order valence-electron chi connectivity index (χ2n) is 5.14. The van der Waals surface area contributed by atoms with E-state index in [4.69, 9.17) is 17.3 Å². The molecule has 1 atom stereocenters. The fourth-order valence-corrected chi connectivity index (χ4v) is 4.96. The highest BCUT2D eigenvalue weighted by Gasteiger charge is 2.28. The maximum absolute atomic E-state index is 6.18. The van der Waals surface area contributed by atoms with Crippen molar-refractivity contribution in [3.05, 3.63) is 19.8 Å². The Morgan fingerprint density at radius 3 is 2.63 bits per heavy atom. The van der Waals surface area contributed by atoms with Crippen LogP contribution in [0.4, 0.5) is 0 Å². The molecule has 19 heavy (non-hydrogen) atoms. The largest absolute Gasteiger partial charge is 0.329 e. The van der Waals surface area contributed by atoms with Crippen molar-refractivity contribution < 1.29 is 0 Å². The highest BCUT2D eigenvalue weighted by atomic mass is 79.9. The Morgan fingerprint density at radius 1 is 1.47 bits per heavy atom. The van der Waals surface area contributed by atoms with Gasteiger partial charge in [0.2, 0.25) is 0 Å². The number of likely N-dealkylation sites (N-methyl/N-ethyl adjacent to an activating group) is 1. The lowest BCUT2D eigenvalue weighted by Crippen LogP contribution is -2.42. The third-order valence-corrected chi connectivity index (χ3v) is 6.60. The van der Waals surface area contributed by atoms with Crippen LogP contribution in [0, 0.1) is 0 Å². The van der Waals surface area contributed by atoms with Crippen molar-refractivity contribution >= 4 is 38.9 Å². The van der Waals surface area contributed by atoms with Gasteiger partial charge >= 0.3 is 0 Å². The summed E-state index contributed by atoms with van der Waals surface area (Å²) in [6, 6.07) is 3.13. The molecular formula is C14H22BrClN2S. The van der Waals surface area contributed by atoms with Crippen LogP contribution in [0.1, 0.15) is 49.9 Å². The molecular weight excluding hydrogens is 344 g/mol. The molecule has 0 aromatic carbocycles. The van der Waals surface area contributed by atoms with Gasteiger partial charge in [-0.2, -0.15) is 0 Å². The Bertz CT molecular complexity index is 385. The van der Waals surface area contributed by atoms with Crippen LogP contribution in [0.3, 0.4) is 0 Å². The van der Waals surface area contributed by atoms with Gasteiger partial charge in [0, 0.05) is 21.9 Å². The third-order valence-electron chi connectivity index (χ3n) is 4.03. The second-order valence-corrected chi connectivity index (χ2v) is 7.68. The van der Waals surface area contributed by atoms with E-state index in [1.165, 1.54) is 37.0 Å². The zero-order valence-corrected chi connectivity index (χ0v) is 14.5. The van der Waals surface area contributed by atoms with Crippen LogP contribution in [0.2, 0.25) is 4.34 Å². The molecule has 2 N–H and O–H groups in total. The molecule has 0 aliphatic heterocycles. The third kappa shape index (κ3) is 3.73. The van der Waals surface area contributed by atoms with Crippen LogP contribution < -0.4 is 5.73 Å². The highest BCUT2D eigenvalue weighted by Crippen LogP contribution is 2.38. The molecule has 0 amide bonds. The van der Waals surface area contributed by atoms with E-state index >= 15 is 0 Å². The van der Waals surface area contributed by atoms with Gasteiger partial charge in [-0.1, -0.05) is 37.8 Å². The molecule has 1 aliphatic rings. The topological polar surface area (TPSA) is 29.3 Å². The molecule has 0 radical (unpaired) electrons. The van der Waals surface area contributed by atoms with Crippen LogP contribution in [-0.4, -0.2) is 24.0 Å². The molecule has 1 aromatic heterocycles. The van der Waals surface area contributed by atoms with Crippen molar-refractivity contribution in [3.63, 3.8) is 0 Å². The Balaban J connectivity index is 2.17. The lowest BCUT2D eigenvalue weighted by atomic mass is 9.93. The normalized spacial score (nSPS) is 19.0. The van der Waals surface area contributed by atoms with Crippen LogP contribution in [0.25, 0.3) is 0 Å². The van der Waals surface area contributed by atoms with Gasteiger partial charge in [0.15, 0.2) is 0 Å². The summed E-state index contributed by atoms with van der Waals surface area (Å²) in [6.45, 7) is 3.95. The van der Waals surface area contributed by atoms with Gasteiger partial charge in [0.1, 0.15) is 4.34 Å². The van der Waals surface area contributed by atoms with Crippen molar-refractivity contribution in [1.29, 1.82) is 0 Å². The minimum absolute atomic E-state index is 0.307. The fraction of sp³-hybridized carbons (Fsp3) is 0.714. The second kappa shape index (κ2) is 7.41. The molecule has 1 unspecified atom stereocenters. The maximum Gasteiger partial charge on any atom is 0.107 e. The van der Waals surface area contributed by atoms with Crippen molar-refractivity contribution in [1.82, 2.24) is 4.90 Å². The van der Waals surface area contributed by atoms with E-state index < -0.39 is 0 Å². The minimum atomic E-state index is 0.307. The van der Waals surface area contributed by atoms with E-state index in [1.54, 1.807) is 11.3 Å². The number of nitrogens with two attached hydrogens (primary N) is 1. The Kier molecular flexibility index (Phi) is 6.15. The Morgan fingerprint density at radius 2 is 2.16 bits per heavy atom. The zero-order valence-electron chi connectivity index (χ0n) is 11.4. The lowest BCUT2D eigenvalue weighted by molar-refractivity contribution is 0.115. The summed E-state index contributed by atoms with van der Waals surface area (Å²) in [5.74, 6) is 0. The van der Waals surface area contributed by atoms with Crippen molar-refractivity contribution in [2.45, 2.75) is 51.1 Å². The molecule has 1 saturated carbocycles. The number of hydrogen-bond acceptors (Lipinski definition) is 3. The van der Waals surface area contributed by atoms with Gasteiger partial charge in [-0.3, -0.25) is 4.90 Å². The first-order valence-electron chi connectivity index (χ1n) is 7.07. The summed E-state index contributed by atoms with van der Waals surface area (Å²) >= 11 is 11.3. The summed E-state index contributed by atoms with van der Waals surface area (Å²) in [7, 11) is 0. The Hall–Kier alpha value is 0.390. The maximum atomic E-state index is 6.18. The number of halogens is 2. The molecule has 1 heterocycles. The molecule has 1 fully saturated rings. The molecule has 108 valence electrons. The van der Waals surface area contributed by atoms with Crippen LogP contribution in [0.5, 0.6) is 0 Å². The molecule has 2 rings (SSSR count). The van der Waals surface area contributed by atoms with Gasteiger partial charge in [-0.15, -0.1) is 11.3 Å². The van der Waals surface area contributed by atoms with Crippen molar-refractivity contribution in [2.24, 2.45) is 5.73 Å². The van der Waals surface area contributed by atoms with E-state index in [0.717, 1.165) is 15.4 Å². The fourth-order valence-electron chi connectivity index (χ4n) is 3.09. The average Bonchev–Trinajstić information content (AvgIpc) is 2.76. The monoisotopic (exact) mass is 364 g/mol. The zero-order chi connectivity index (χ0) is 13.8. The molecule has 0 saturated heterocycles. The summed E-state index contributed by atoms with van der Waals surface area (Å²) in [5.41, 5.74) is 6.05. The standard InChI is InChI=1S/C14H22BrClN2S/c1-2-18(10-6-4-3-5-7-10)12(9-17)13-8-11(15)14(16)19-13/h8,10,12H,2-7,9,17H2,1H3. The number of thiophene rings is 1. The van der Waals surface area contributed by atoms with E-state index in [0.29, 0.717) is 18.6 Å². The van der Waals surface area contributed by atoms with Gasteiger partial charge in [-0.05, 0) is 41.4 Å². The SMILES string of the molecule is CCN(C1CCCCC1)C(CN)c1cc(Br)c(Cl)s1. The summed E-state index contributed by atoms with van der Waals surface area (Å²) in [6.07, 6.45) is 6.72. The first kappa shape index (κ1) is 15.8. The number of nitrogens with zero attached hydrogens (tertiary/aromatic N) is 1. The molecule has 0 spiro atoms. The summed E-state index contributed by atoms with van der Waals surface area (Å²) < 4.78 is 1.82. The van der Waals surface area contributed by atoms with Crippen LogP contribution in [0.15, 0.2) is 10.5 Å². The van der Waals surface area contributed by atoms with E-state index in [-0.39, 0.29) is 0 Å². The average molecular weight is 366 g/mol. The van der Waals surface area contributed by atoms with Crippen LogP contribution >= 0.6 is 38.9 Å². The number of hydrogen-bond donors (Lipinski definition) is 1. The first-order valence-corrected chi connectivity index (χ1v) is 9.06. The van der Waals surface area contributed by atoms with Gasteiger partial charge in [0.05, 0.1) is 6.04 Å². The highest BCUT2D eigenvalue weighted by molar-refractivity contribution is 9.10. The van der Waals surface area contributed by atoms with E-state index in [1.807, 2.05) is 0 Å². The first-order chi connectivity index (χ1) is 9.17. The van der Waals surface area contributed by atoms with Crippen molar-refractivity contribution in [2.75, 3.05) is 13.1 Å². The van der Waals surface area contributed by atoms with Crippen molar-refractivity contribution in [3.8, 4) is 0 Å². The van der Waals surface area contributed by atoms with E-state index in [2.05, 4.69) is 33.8 Å². The molecule has 5 heteroatoms. The molecule has 2 nitrogen and oxygen atoms in total. The minimum Gasteiger partial charge on any atom is -0.329 e. The molecule has 1 aromatic rings. The summed E-state index contributed by atoms with van der Waals surface area (Å²) in [4.78, 5) is 3.86. The lowest BCUT2D eigenvalue weighted by Gasteiger charge is -2.38. The summed E-state index contributed by atoms with van der Waals surface area (Å²) in [5, 5.41) is 0. The van der Waals surface area contributed by atoms with E-state index in [9.17, 15) is 0 Å². The number of rotatable bonds is 5. The van der Waals surface area contributed by atoms with Gasteiger partial charge in [-0.25, -0.2) is 0 Å². The Labute approximate surface area is 133 Å². The molecule has 0 bridgehead atoms. The molecule has 1 aliphatic carbocycles. The predicted molar refractivity (Wildman–Crippen MR) is 88.1 cm³/mol. The van der Waals surface area contributed by atoms with Gasteiger partial charge in [0.25, 0.3) is 0 Å². The van der Waals surface area contributed by atoms with Gasteiger partial charge < -0.3 is 5.73 Å². The predicted octanol–water partition coefficient (Wildman–Crippen LogP) is 4.82.